The maximum absolute atomic E-state index is 10.9. The zero-order chi connectivity index (χ0) is 20.3. The van der Waals surface area contributed by atoms with Gasteiger partial charge in [-0.25, -0.2) is 6.07 Å². The zero-order valence-electron chi connectivity index (χ0n) is 15.9. The summed E-state index contributed by atoms with van der Waals surface area (Å²) in [4.78, 5) is 13.2. The van der Waals surface area contributed by atoms with Crippen molar-refractivity contribution in [2.45, 2.75) is 6.61 Å². The highest BCUT2D eigenvalue weighted by Crippen LogP contribution is 2.38. The number of aliphatic hydroxyl groups excluding tert-OH is 1. The predicted molar refractivity (Wildman–Crippen MR) is 116 cm³/mol. The number of benzene rings is 2. The topological polar surface area (TPSA) is 68.1 Å². The third-order valence-corrected chi connectivity index (χ3v) is 5.65. The van der Waals surface area contributed by atoms with Crippen LogP contribution in [0.3, 0.4) is 0 Å². The van der Waals surface area contributed by atoms with Crippen molar-refractivity contribution >= 4 is 11.3 Å². The van der Waals surface area contributed by atoms with Crippen molar-refractivity contribution in [2.75, 3.05) is 0 Å². The minimum Gasteiger partial charge on any atom is -0.513 e. The van der Waals surface area contributed by atoms with Crippen LogP contribution in [-0.2, 0) is 6.61 Å². The van der Waals surface area contributed by atoms with E-state index in [1.165, 1.54) is 11.3 Å². The summed E-state index contributed by atoms with van der Waals surface area (Å²) in [6.07, 6.45) is 5.25. The van der Waals surface area contributed by atoms with Crippen LogP contribution in [0.15, 0.2) is 84.6 Å². The molecule has 5 nitrogen and oxygen atoms in total. The molecular weight excluding hydrogens is 394 g/mol. The van der Waals surface area contributed by atoms with Crippen LogP contribution in [0.5, 0.6) is 5.75 Å². The van der Waals surface area contributed by atoms with Gasteiger partial charge in [0.2, 0.25) is 5.01 Å². The first-order chi connectivity index (χ1) is 14.8. The molecule has 0 spiro atoms. The van der Waals surface area contributed by atoms with E-state index in [0.717, 1.165) is 27.4 Å². The lowest BCUT2D eigenvalue weighted by molar-refractivity contribution is 0.306. The molecule has 0 amide bonds. The van der Waals surface area contributed by atoms with E-state index in [0.29, 0.717) is 23.6 Å². The maximum atomic E-state index is 10.9. The number of aromatic nitrogens is 3. The first-order valence-corrected chi connectivity index (χ1v) is 10.3. The minimum absolute atomic E-state index is 0.101. The third kappa shape index (κ3) is 3.54. The Morgan fingerprint density at radius 2 is 2.00 bits per heavy atom. The van der Waals surface area contributed by atoms with E-state index >= 15 is 0 Å². The SMILES string of the molecule is O[C-](c1c[s+][c-](-c2cccnc2)n1)c1cnc2c(OCc3ccccc3)[cH-]ccc1-2. The van der Waals surface area contributed by atoms with Crippen molar-refractivity contribution in [2.24, 2.45) is 0 Å². The summed E-state index contributed by atoms with van der Waals surface area (Å²) >= 11 is 1.47. The molecule has 148 valence electrons. The number of hydrogen-bond donors (Lipinski definition) is 1. The first kappa shape index (κ1) is 18.4. The Balaban J connectivity index is 1.38. The van der Waals surface area contributed by atoms with Gasteiger partial charge < -0.3 is 19.8 Å². The summed E-state index contributed by atoms with van der Waals surface area (Å²) in [6, 6.07) is 19.5. The fraction of sp³-hybridized carbons (Fsp3) is 0.0417. The molecule has 3 heterocycles. The maximum Gasteiger partial charge on any atom is 0.250 e. The number of aliphatic hydroxyl groups is 1. The molecule has 1 N–H and O–H groups in total. The number of nitrogens with zero attached hydrogens (tertiary/aromatic N) is 3. The lowest BCUT2D eigenvalue weighted by atomic mass is 10.0. The number of thiazole rings is 1. The van der Waals surface area contributed by atoms with Crippen molar-refractivity contribution in [3.05, 3.63) is 108 Å². The smallest absolute Gasteiger partial charge is 0.250 e. The van der Waals surface area contributed by atoms with Crippen molar-refractivity contribution in [3.63, 3.8) is 0 Å². The second-order valence-electron chi connectivity index (χ2n) is 6.73. The third-order valence-electron chi connectivity index (χ3n) is 4.76. The van der Waals surface area contributed by atoms with Gasteiger partial charge in [-0.05, 0) is 23.4 Å². The van der Waals surface area contributed by atoms with E-state index in [2.05, 4.69) is 15.0 Å². The lowest BCUT2D eigenvalue weighted by Crippen LogP contribution is -2.02. The van der Waals surface area contributed by atoms with Crippen LogP contribution >= 0.6 is 11.3 Å². The van der Waals surface area contributed by atoms with Crippen molar-refractivity contribution in [3.8, 4) is 27.6 Å². The molecule has 0 saturated heterocycles. The molecule has 30 heavy (non-hydrogen) atoms. The van der Waals surface area contributed by atoms with Crippen LogP contribution in [0.4, 0.5) is 0 Å². The largest absolute Gasteiger partial charge is 0.513 e. The van der Waals surface area contributed by atoms with E-state index in [-0.39, 0.29) is 6.10 Å². The highest BCUT2D eigenvalue weighted by atomic mass is 32.1. The van der Waals surface area contributed by atoms with Gasteiger partial charge in [-0.15, -0.1) is 17.7 Å². The van der Waals surface area contributed by atoms with Gasteiger partial charge in [0, 0.05) is 17.6 Å². The first-order valence-electron chi connectivity index (χ1n) is 9.43. The van der Waals surface area contributed by atoms with Crippen LogP contribution in [-0.4, -0.2) is 20.1 Å². The minimum atomic E-state index is 0.101. The Morgan fingerprint density at radius 3 is 2.83 bits per heavy atom. The molecule has 1 aliphatic carbocycles. The Kier molecular flexibility index (Phi) is 4.93. The summed E-state index contributed by atoms with van der Waals surface area (Å²) in [5, 5.41) is 13.5. The molecule has 0 atom stereocenters. The molecule has 3 aromatic rings. The highest BCUT2D eigenvalue weighted by molar-refractivity contribution is 7.13. The predicted octanol–water partition coefficient (Wildman–Crippen LogP) is 5.30. The Labute approximate surface area is 178 Å². The molecule has 0 saturated carbocycles. The fourth-order valence-electron chi connectivity index (χ4n) is 3.25. The second kappa shape index (κ2) is 8.02. The van der Waals surface area contributed by atoms with E-state index in [9.17, 15) is 5.11 Å². The van der Waals surface area contributed by atoms with Crippen molar-refractivity contribution < 1.29 is 9.84 Å². The van der Waals surface area contributed by atoms with Gasteiger partial charge in [0.05, 0.1) is 0 Å². The number of rotatable bonds is 6. The fourth-order valence-corrected chi connectivity index (χ4v) is 4.05. The molecule has 0 fully saturated rings. The number of pyridine rings is 1. The van der Waals surface area contributed by atoms with Crippen LogP contribution in [0.1, 0.15) is 16.8 Å². The van der Waals surface area contributed by atoms with Crippen molar-refractivity contribution in [1.82, 2.24) is 15.0 Å². The molecule has 1 aromatic carbocycles. The van der Waals surface area contributed by atoms with Crippen LogP contribution in [0.2, 0.25) is 0 Å². The normalized spacial score (nSPS) is 11.0. The van der Waals surface area contributed by atoms with Crippen LogP contribution in [0.25, 0.3) is 21.8 Å². The molecule has 2 aliphatic rings. The van der Waals surface area contributed by atoms with Crippen LogP contribution < -0.4 is 4.74 Å². The van der Waals surface area contributed by atoms with Gasteiger partial charge in [-0.3, -0.25) is 4.98 Å². The van der Waals surface area contributed by atoms with Crippen molar-refractivity contribution in [1.29, 1.82) is 0 Å². The Hall–Kier alpha value is -3.61. The average Bonchev–Trinajstić information content (AvgIpc) is 3.47. The number of fused-ring (bicyclic) bond motifs is 1. The summed E-state index contributed by atoms with van der Waals surface area (Å²) < 4.78 is 5.99. The number of ether oxygens (including phenoxy) is 1. The summed E-state index contributed by atoms with van der Waals surface area (Å²) in [5.41, 5.74) is 4.71. The number of para-hydroxylation sites is 1. The molecule has 2 aromatic heterocycles. The number of hydrogen-bond acceptors (Lipinski definition) is 5. The van der Waals surface area contributed by atoms with Gasteiger partial charge in [0.15, 0.2) is 11.3 Å². The molecule has 0 bridgehead atoms. The Bertz CT molecular complexity index is 1220. The van der Waals surface area contributed by atoms with Gasteiger partial charge in [0.25, 0.3) is 0 Å². The summed E-state index contributed by atoms with van der Waals surface area (Å²) in [6.45, 7) is 0.457. The molecule has 0 unspecified atom stereocenters. The molecule has 6 heteroatoms. The molecule has 5 rings (SSSR count). The molecule has 1 aliphatic heterocycles. The monoisotopic (exact) mass is 411 g/mol. The van der Waals surface area contributed by atoms with Gasteiger partial charge in [-0.2, -0.15) is 11.6 Å². The Morgan fingerprint density at radius 1 is 1.10 bits per heavy atom. The zero-order valence-corrected chi connectivity index (χ0v) is 16.7. The van der Waals surface area contributed by atoms with E-state index in [4.69, 9.17) is 4.74 Å². The quantitative estimate of drug-likeness (QED) is 0.303. The van der Waals surface area contributed by atoms with Crippen LogP contribution in [0, 0.1) is 6.10 Å². The van der Waals surface area contributed by atoms with E-state index < -0.39 is 0 Å². The van der Waals surface area contributed by atoms with Gasteiger partial charge in [-0.1, -0.05) is 48.3 Å². The van der Waals surface area contributed by atoms with E-state index in [1.807, 2.05) is 66.0 Å². The van der Waals surface area contributed by atoms with Gasteiger partial charge in [0.1, 0.15) is 12.0 Å². The summed E-state index contributed by atoms with van der Waals surface area (Å²) in [5.74, 6) is 0.685. The standard InChI is InChI=1S/C24H17N3O2S/c28-23(20-15-30-24(27-20)17-8-5-11-25-12-17)19-13-26-22-18(19)9-4-10-21(22)29-14-16-6-2-1-3-7-16/h1-13,15,28H,14H2/q-2. The lowest BCUT2D eigenvalue weighted by Gasteiger charge is -2.23. The van der Waals surface area contributed by atoms with E-state index in [1.54, 1.807) is 18.6 Å². The molecule has 0 radical (unpaired) electrons. The van der Waals surface area contributed by atoms with Gasteiger partial charge >= 0.3 is 0 Å². The average molecular weight is 411 g/mol. The highest BCUT2D eigenvalue weighted by Gasteiger charge is 2.15. The second-order valence-corrected chi connectivity index (χ2v) is 7.58. The summed E-state index contributed by atoms with van der Waals surface area (Å²) in [7, 11) is 0. The molecular formula is C24H17N3O2S-2.